The van der Waals surface area contributed by atoms with E-state index in [2.05, 4.69) is 0 Å². The zero-order valence-electron chi connectivity index (χ0n) is 9.36. The largest absolute Gasteiger partial charge is 0.466 e. The van der Waals surface area contributed by atoms with Gasteiger partial charge in [0.25, 0.3) is 0 Å². The molecule has 0 N–H and O–H groups in total. The van der Waals surface area contributed by atoms with Crippen molar-refractivity contribution in [3.05, 3.63) is 28.0 Å². The molecule has 0 aliphatic rings. The lowest BCUT2D eigenvalue weighted by molar-refractivity contribution is -0.142. The number of carbonyl (C=O) groups excluding carboxylic acids is 2. The van der Waals surface area contributed by atoms with E-state index in [1.807, 2.05) is 17.5 Å². The molecule has 1 aromatic heterocycles. The first-order valence-electron chi connectivity index (χ1n) is 5.05. The molecule has 0 atom stereocenters. The summed E-state index contributed by atoms with van der Waals surface area (Å²) in [6.45, 7) is 3.72. The number of Topliss-reactive ketones (excluding diaryl/α,β-unsaturated/α-hetero) is 1. The molecule has 1 heterocycles. The molecule has 0 fully saturated rings. The van der Waals surface area contributed by atoms with Gasteiger partial charge in [0.1, 0.15) is 0 Å². The molecule has 0 bridgehead atoms. The van der Waals surface area contributed by atoms with Crippen LogP contribution in [-0.2, 0) is 9.53 Å². The Kier molecular flexibility index (Phi) is 4.92. The maximum Gasteiger partial charge on any atom is 0.309 e. The normalized spacial score (nSPS) is 10.6. The Hall–Kier alpha value is -1.42. The number of ether oxygens (including phenoxy) is 1. The topological polar surface area (TPSA) is 43.4 Å². The van der Waals surface area contributed by atoms with Crippen molar-refractivity contribution >= 4 is 29.2 Å². The fourth-order valence-corrected chi connectivity index (χ4v) is 1.91. The summed E-state index contributed by atoms with van der Waals surface area (Å²) in [5.41, 5.74) is 0.944. The first-order valence-corrected chi connectivity index (χ1v) is 5.93. The third kappa shape index (κ3) is 3.98. The number of ketones is 1. The second-order valence-electron chi connectivity index (χ2n) is 3.21. The minimum atomic E-state index is -0.235. The van der Waals surface area contributed by atoms with Crippen LogP contribution in [0, 0.1) is 0 Å². The van der Waals surface area contributed by atoms with Crippen molar-refractivity contribution in [3.63, 3.8) is 0 Å². The number of esters is 1. The van der Waals surface area contributed by atoms with Crippen molar-refractivity contribution in [2.75, 3.05) is 6.61 Å². The first-order chi connectivity index (χ1) is 7.63. The van der Waals surface area contributed by atoms with Crippen LogP contribution in [0.1, 0.15) is 35.5 Å². The molecule has 0 saturated heterocycles. The van der Waals surface area contributed by atoms with Crippen molar-refractivity contribution in [2.24, 2.45) is 0 Å². The molecule has 1 aromatic rings. The second-order valence-corrected chi connectivity index (χ2v) is 4.12. The molecule has 0 amide bonds. The van der Waals surface area contributed by atoms with Gasteiger partial charge in [-0.3, -0.25) is 9.59 Å². The summed E-state index contributed by atoms with van der Waals surface area (Å²) in [6.07, 6.45) is 3.82. The van der Waals surface area contributed by atoms with E-state index < -0.39 is 0 Å². The highest BCUT2D eigenvalue weighted by molar-refractivity contribution is 7.12. The summed E-state index contributed by atoms with van der Waals surface area (Å²) in [7, 11) is 0. The van der Waals surface area contributed by atoms with E-state index in [0.717, 1.165) is 10.4 Å². The average Bonchev–Trinajstić information content (AvgIpc) is 2.67. The molecule has 16 heavy (non-hydrogen) atoms. The predicted molar refractivity (Wildman–Crippen MR) is 64.6 cm³/mol. The van der Waals surface area contributed by atoms with Crippen LogP contribution in [0.5, 0.6) is 0 Å². The molecule has 0 unspecified atom stereocenters. The molecular formula is C12H14O3S. The van der Waals surface area contributed by atoms with E-state index in [9.17, 15) is 9.59 Å². The van der Waals surface area contributed by atoms with Crippen molar-refractivity contribution in [1.82, 2.24) is 0 Å². The lowest BCUT2D eigenvalue weighted by Crippen LogP contribution is -2.01. The highest BCUT2D eigenvalue weighted by Crippen LogP contribution is 2.16. The second kappa shape index (κ2) is 6.23. The van der Waals surface area contributed by atoms with Gasteiger partial charge in [-0.2, -0.15) is 0 Å². The van der Waals surface area contributed by atoms with E-state index >= 15 is 0 Å². The van der Waals surface area contributed by atoms with Crippen LogP contribution in [0.25, 0.3) is 6.08 Å². The van der Waals surface area contributed by atoms with Crippen LogP contribution in [0.4, 0.5) is 0 Å². The Balaban J connectivity index is 2.50. The minimum Gasteiger partial charge on any atom is -0.466 e. The van der Waals surface area contributed by atoms with Crippen LogP contribution in [0.3, 0.4) is 0 Å². The molecule has 3 nitrogen and oxygen atoms in total. The van der Waals surface area contributed by atoms with E-state index in [1.165, 1.54) is 18.3 Å². The van der Waals surface area contributed by atoms with Gasteiger partial charge in [0, 0.05) is 0 Å². The summed E-state index contributed by atoms with van der Waals surface area (Å²) in [5, 5.41) is 1.89. The van der Waals surface area contributed by atoms with Gasteiger partial charge in [0.05, 0.1) is 17.9 Å². The fourth-order valence-electron chi connectivity index (χ4n) is 1.13. The van der Waals surface area contributed by atoms with Crippen molar-refractivity contribution in [1.29, 1.82) is 0 Å². The molecule has 4 heteroatoms. The van der Waals surface area contributed by atoms with E-state index in [4.69, 9.17) is 4.74 Å². The van der Waals surface area contributed by atoms with Gasteiger partial charge in [-0.15, -0.1) is 11.3 Å². The summed E-state index contributed by atoms with van der Waals surface area (Å²) in [4.78, 5) is 22.8. The molecular weight excluding hydrogens is 224 g/mol. The summed E-state index contributed by atoms with van der Waals surface area (Å²) in [5.74, 6) is -0.171. The standard InChI is InChI=1S/C12H14O3S/c1-3-15-12(14)6-4-5-10-7-11(9(2)13)16-8-10/h4-5,7-8H,3,6H2,1-2H3. The number of carbonyl (C=O) groups is 2. The van der Waals surface area contributed by atoms with Crippen LogP contribution in [0.15, 0.2) is 17.5 Å². The van der Waals surface area contributed by atoms with Gasteiger partial charge in [-0.25, -0.2) is 0 Å². The van der Waals surface area contributed by atoms with E-state index in [0.29, 0.717) is 6.61 Å². The Morgan fingerprint density at radius 1 is 1.50 bits per heavy atom. The third-order valence-corrected chi connectivity index (χ3v) is 2.92. The highest BCUT2D eigenvalue weighted by atomic mass is 32.1. The van der Waals surface area contributed by atoms with Crippen molar-refractivity contribution in [2.45, 2.75) is 20.3 Å². The lowest BCUT2D eigenvalue weighted by Gasteiger charge is -1.95. The molecule has 0 aromatic carbocycles. The molecule has 86 valence electrons. The summed E-state index contributed by atoms with van der Waals surface area (Å²) >= 11 is 1.41. The lowest BCUT2D eigenvalue weighted by atomic mass is 10.2. The van der Waals surface area contributed by atoms with Crippen LogP contribution in [0.2, 0.25) is 0 Å². The van der Waals surface area contributed by atoms with Gasteiger partial charge in [-0.1, -0.05) is 12.2 Å². The van der Waals surface area contributed by atoms with Crippen molar-refractivity contribution < 1.29 is 14.3 Å². The van der Waals surface area contributed by atoms with Crippen LogP contribution < -0.4 is 0 Å². The molecule has 0 radical (unpaired) electrons. The minimum absolute atomic E-state index is 0.0649. The zero-order valence-corrected chi connectivity index (χ0v) is 10.2. The number of hydrogen-bond donors (Lipinski definition) is 0. The molecule has 0 aliphatic carbocycles. The maximum atomic E-state index is 11.0. The van der Waals surface area contributed by atoms with Gasteiger partial charge in [0.2, 0.25) is 0 Å². The van der Waals surface area contributed by atoms with Gasteiger partial charge in [0.15, 0.2) is 5.78 Å². The number of thiophene rings is 1. The Bertz CT molecular complexity index is 404. The average molecular weight is 238 g/mol. The Labute approximate surface area is 98.7 Å². The summed E-state index contributed by atoms with van der Waals surface area (Å²) in [6, 6.07) is 1.81. The van der Waals surface area contributed by atoms with E-state index in [1.54, 1.807) is 13.0 Å². The Morgan fingerprint density at radius 2 is 2.25 bits per heavy atom. The SMILES string of the molecule is CCOC(=O)CC=Cc1csc(C(C)=O)c1. The zero-order chi connectivity index (χ0) is 12.0. The van der Waals surface area contributed by atoms with Crippen LogP contribution in [-0.4, -0.2) is 18.4 Å². The number of hydrogen-bond acceptors (Lipinski definition) is 4. The van der Waals surface area contributed by atoms with Crippen molar-refractivity contribution in [3.8, 4) is 0 Å². The highest BCUT2D eigenvalue weighted by Gasteiger charge is 2.02. The maximum absolute atomic E-state index is 11.0. The van der Waals surface area contributed by atoms with Gasteiger partial charge < -0.3 is 4.74 Å². The third-order valence-electron chi connectivity index (χ3n) is 1.87. The Morgan fingerprint density at radius 3 is 2.81 bits per heavy atom. The molecule has 0 spiro atoms. The summed E-state index contributed by atoms with van der Waals surface area (Å²) < 4.78 is 4.78. The monoisotopic (exact) mass is 238 g/mol. The fraction of sp³-hybridized carbons (Fsp3) is 0.333. The quantitative estimate of drug-likeness (QED) is 0.585. The van der Waals surface area contributed by atoms with E-state index in [-0.39, 0.29) is 18.2 Å². The molecule has 1 rings (SSSR count). The van der Waals surface area contributed by atoms with Gasteiger partial charge in [-0.05, 0) is 30.9 Å². The molecule has 0 saturated carbocycles. The first kappa shape index (κ1) is 12.6. The predicted octanol–water partition coefficient (Wildman–Crippen LogP) is 2.92. The number of rotatable bonds is 5. The smallest absolute Gasteiger partial charge is 0.309 e. The van der Waals surface area contributed by atoms with Gasteiger partial charge >= 0.3 is 5.97 Å². The molecule has 0 aliphatic heterocycles. The van der Waals surface area contributed by atoms with Crippen LogP contribution >= 0.6 is 11.3 Å².